The molecule has 18 heavy (non-hydrogen) atoms. The van der Waals surface area contributed by atoms with Gasteiger partial charge in [-0.2, -0.15) is 0 Å². The lowest BCUT2D eigenvalue weighted by Crippen LogP contribution is -2.06. The zero-order chi connectivity index (χ0) is 13.1. The van der Waals surface area contributed by atoms with E-state index >= 15 is 0 Å². The van der Waals surface area contributed by atoms with Crippen LogP contribution in [0.2, 0.25) is 0 Å². The second-order valence-corrected chi connectivity index (χ2v) is 5.24. The van der Waals surface area contributed by atoms with Crippen LogP contribution in [0.3, 0.4) is 0 Å². The molecule has 0 aliphatic heterocycles. The van der Waals surface area contributed by atoms with Crippen LogP contribution in [-0.2, 0) is 6.42 Å². The highest BCUT2D eigenvalue weighted by Gasteiger charge is 2.11. The van der Waals surface area contributed by atoms with Crippen molar-refractivity contribution in [1.82, 2.24) is 0 Å². The standard InChI is InChI=1S/C15H12FIO/c1-10-3-2-4-13(15(10)17)14(18)9-11-5-7-12(16)8-6-11/h2-8H,9H2,1H3. The number of aryl methyl sites for hydroxylation is 1. The molecule has 3 heteroatoms. The van der Waals surface area contributed by atoms with Gasteiger partial charge in [-0.05, 0) is 52.8 Å². The minimum atomic E-state index is -0.281. The molecule has 0 bridgehead atoms. The Kier molecular flexibility index (Phi) is 4.11. The lowest BCUT2D eigenvalue weighted by molar-refractivity contribution is 0.0992. The minimum absolute atomic E-state index is 0.0645. The average Bonchev–Trinajstić information content (AvgIpc) is 2.35. The summed E-state index contributed by atoms with van der Waals surface area (Å²) >= 11 is 2.19. The van der Waals surface area contributed by atoms with Crippen LogP contribution in [0.1, 0.15) is 21.5 Å². The third-order valence-corrected chi connectivity index (χ3v) is 4.20. The Labute approximate surface area is 119 Å². The van der Waals surface area contributed by atoms with Crippen LogP contribution in [0.4, 0.5) is 4.39 Å². The van der Waals surface area contributed by atoms with Crippen molar-refractivity contribution in [1.29, 1.82) is 0 Å². The number of Topliss-reactive ketones (excluding diaryl/α,β-unsaturated/α-hetero) is 1. The van der Waals surface area contributed by atoms with E-state index < -0.39 is 0 Å². The molecule has 0 N–H and O–H groups in total. The van der Waals surface area contributed by atoms with Crippen LogP contribution in [-0.4, -0.2) is 5.78 Å². The van der Waals surface area contributed by atoms with Crippen LogP contribution in [0.5, 0.6) is 0 Å². The Bertz CT molecular complexity index is 576. The van der Waals surface area contributed by atoms with Crippen LogP contribution >= 0.6 is 22.6 Å². The fourth-order valence-corrected chi connectivity index (χ4v) is 2.41. The first-order chi connectivity index (χ1) is 8.58. The van der Waals surface area contributed by atoms with Gasteiger partial charge in [0, 0.05) is 15.6 Å². The van der Waals surface area contributed by atoms with Gasteiger partial charge in [0.05, 0.1) is 0 Å². The number of carbonyl (C=O) groups is 1. The summed E-state index contributed by atoms with van der Waals surface area (Å²) in [5.74, 6) is -0.217. The van der Waals surface area contributed by atoms with Gasteiger partial charge in [0.15, 0.2) is 5.78 Å². The summed E-state index contributed by atoms with van der Waals surface area (Å²) < 4.78 is 13.8. The summed E-state index contributed by atoms with van der Waals surface area (Å²) in [6.07, 6.45) is 0.305. The van der Waals surface area contributed by atoms with Crippen molar-refractivity contribution in [3.05, 3.63) is 68.5 Å². The molecule has 0 aromatic heterocycles. The Morgan fingerprint density at radius 1 is 1.17 bits per heavy atom. The number of hydrogen-bond acceptors (Lipinski definition) is 1. The molecule has 2 rings (SSSR count). The van der Waals surface area contributed by atoms with Crippen LogP contribution in [0.15, 0.2) is 42.5 Å². The first kappa shape index (κ1) is 13.2. The molecule has 0 saturated heterocycles. The van der Waals surface area contributed by atoms with Crippen molar-refractivity contribution in [2.24, 2.45) is 0 Å². The second kappa shape index (κ2) is 5.61. The van der Waals surface area contributed by atoms with Gasteiger partial charge < -0.3 is 0 Å². The molecule has 2 aromatic carbocycles. The molecule has 0 atom stereocenters. The summed E-state index contributed by atoms with van der Waals surface area (Å²) in [5.41, 5.74) is 2.67. The van der Waals surface area contributed by atoms with Gasteiger partial charge in [0.1, 0.15) is 5.82 Å². The zero-order valence-electron chi connectivity index (χ0n) is 9.91. The maximum atomic E-state index is 12.8. The van der Waals surface area contributed by atoms with E-state index in [1.165, 1.54) is 12.1 Å². The van der Waals surface area contributed by atoms with Gasteiger partial charge in [-0.25, -0.2) is 4.39 Å². The SMILES string of the molecule is Cc1cccc(C(=O)Cc2ccc(F)cc2)c1I. The number of rotatable bonds is 3. The van der Waals surface area contributed by atoms with Gasteiger partial charge in [0.2, 0.25) is 0 Å². The molecule has 0 aliphatic rings. The third kappa shape index (κ3) is 2.96. The smallest absolute Gasteiger partial charge is 0.168 e. The van der Waals surface area contributed by atoms with Gasteiger partial charge in [0.25, 0.3) is 0 Å². The van der Waals surface area contributed by atoms with Crippen molar-refractivity contribution in [2.75, 3.05) is 0 Å². The molecule has 0 spiro atoms. The monoisotopic (exact) mass is 354 g/mol. The van der Waals surface area contributed by atoms with Crippen molar-refractivity contribution >= 4 is 28.4 Å². The van der Waals surface area contributed by atoms with Gasteiger partial charge in [-0.3, -0.25) is 4.79 Å². The Morgan fingerprint density at radius 2 is 1.83 bits per heavy atom. The summed E-state index contributed by atoms with van der Waals surface area (Å²) in [7, 11) is 0. The van der Waals surface area contributed by atoms with Gasteiger partial charge >= 0.3 is 0 Å². The highest BCUT2D eigenvalue weighted by molar-refractivity contribution is 14.1. The second-order valence-electron chi connectivity index (χ2n) is 4.16. The molecular formula is C15H12FIO. The lowest BCUT2D eigenvalue weighted by atomic mass is 10.0. The maximum absolute atomic E-state index is 12.8. The van der Waals surface area contributed by atoms with E-state index in [0.717, 1.165) is 20.3 Å². The molecule has 2 aromatic rings. The molecule has 0 amide bonds. The molecule has 0 aliphatic carbocycles. The topological polar surface area (TPSA) is 17.1 Å². The fourth-order valence-electron chi connectivity index (χ4n) is 1.75. The maximum Gasteiger partial charge on any atom is 0.168 e. The summed E-state index contributed by atoms with van der Waals surface area (Å²) in [4.78, 5) is 12.2. The third-order valence-electron chi connectivity index (χ3n) is 2.77. The van der Waals surface area contributed by atoms with Crippen molar-refractivity contribution in [3.8, 4) is 0 Å². The van der Waals surface area contributed by atoms with Crippen molar-refractivity contribution < 1.29 is 9.18 Å². The molecule has 1 nitrogen and oxygen atoms in total. The van der Waals surface area contributed by atoms with E-state index in [1.807, 2.05) is 25.1 Å². The quantitative estimate of drug-likeness (QED) is 0.598. The molecule has 0 unspecified atom stereocenters. The van der Waals surface area contributed by atoms with E-state index in [0.29, 0.717) is 6.42 Å². The molecule has 0 fully saturated rings. The average molecular weight is 354 g/mol. The number of carbonyl (C=O) groups excluding carboxylic acids is 1. The van der Waals surface area contributed by atoms with Crippen molar-refractivity contribution in [2.45, 2.75) is 13.3 Å². The number of ketones is 1. The Morgan fingerprint density at radius 3 is 2.50 bits per heavy atom. The normalized spacial score (nSPS) is 10.4. The predicted molar refractivity (Wildman–Crippen MR) is 78.3 cm³/mol. The first-order valence-electron chi connectivity index (χ1n) is 5.60. The van der Waals surface area contributed by atoms with E-state index in [4.69, 9.17) is 0 Å². The summed E-state index contributed by atoms with van der Waals surface area (Å²) in [6, 6.07) is 11.8. The molecule has 0 heterocycles. The van der Waals surface area contributed by atoms with Crippen molar-refractivity contribution in [3.63, 3.8) is 0 Å². The predicted octanol–water partition coefficient (Wildman–Crippen LogP) is 4.16. The van der Waals surface area contributed by atoms with E-state index in [1.54, 1.807) is 12.1 Å². The first-order valence-corrected chi connectivity index (χ1v) is 6.68. The fraction of sp³-hybridized carbons (Fsp3) is 0.133. The number of halogens is 2. The molecular weight excluding hydrogens is 342 g/mol. The molecule has 0 radical (unpaired) electrons. The molecule has 0 saturated carbocycles. The van der Waals surface area contributed by atoms with Crippen LogP contribution in [0, 0.1) is 16.3 Å². The summed E-state index contributed by atoms with van der Waals surface area (Å²) in [5, 5.41) is 0. The Hall–Kier alpha value is -1.23. The van der Waals surface area contributed by atoms with E-state index in [9.17, 15) is 9.18 Å². The van der Waals surface area contributed by atoms with Crippen LogP contribution < -0.4 is 0 Å². The Balaban J connectivity index is 2.22. The molecule has 92 valence electrons. The largest absolute Gasteiger partial charge is 0.294 e. The van der Waals surface area contributed by atoms with Crippen LogP contribution in [0.25, 0.3) is 0 Å². The minimum Gasteiger partial charge on any atom is -0.294 e. The number of hydrogen-bond donors (Lipinski definition) is 0. The van der Waals surface area contributed by atoms with Gasteiger partial charge in [-0.1, -0.05) is 30.3 Å². The highest BCUT2D eigenvalue weighted by Crippen LogP contribution is 2.18. The van der Waals surface area contributed by atoms with Gasteiger partial charge in [-0.15, -0.1) is 0 Å². The lowest BCUT2D eigenvalue weighted by Gasteiger charge is -2.06. The summed E-state index contributed by atoms with van der Waals surface area (Å²) in [6.45, 7) is 1.98. The van der Waals surface area contributed by atoms with E-state index in [2.05, 4.69) is 22.6 Å². The highest BCUT2D eigenvalue weighted by atomic mass is 127. The van der Waals surface area contributed by atoms with E-state index in [-0.39, 0.29) is 11.6 Å². The zero-order valence-corrected chi connectivity index (χ0v) is 12.1. The number of benzene rings is 2.